The molecule has 1 N–H and O–H groups in total. The van der Waals surface area contributed by atoms with Gasteiger partial charge in [0.1, 0.15) is 0 Å². The van der Waals surface area contributed by atoms with Gasteiger partial charge in [-0.3, -0.25) is 14.5 Å². The van der Waals surface area contributed by atoms with Gasteiger partial charge in [-0.15, -0.1) is 0 Å². The molecular weight excluding hydrogens is 431 g/mol. The third kappa shape index (κ3) is 5.21. The number of nitrogens with zero attached hydrogens (tertiary/aromatic N) is 2. The monoisotopic (exact) mass is 459 g/mol. The third-order valence-electron chi connectivity index (χ3n) is 6.69. The van der Waals surface area contributed by atoms with Gasteiger partial charge in [-0.25, -0.2) is 0 Å². The van der Waals surface area contributed by atoms with E-state index in [0.29, 0.717) is 12.5 Å². The van der Waals surface area contributed by atoms with Gasteiger partial charge >= 0.3 is 6.18 Å². The minimum atomic E-state index is -4.53. The van der Waals surface area contributed by atoms with E-state index in [4.69, 9.17) is 0 Å². The van der Waals surface area contributed by atoms with Crippen LogP contribution in [0.15, 0.2) is 42.5 Å². The fraction of sp³-hybridized carbons (Fsp3) is 0.440. The molecule has 0 aliphatic carbocycles. The second-order valence-electron chi connectivity index (χ2n) is 9.09. The molecule has 0 aromatic heterocycles. The maximum Gasteiger partial charge on any atom is 0.416 e. The number of hydrogen-bond acceptors (Lipinski definition) is 3. The van der Waals surface area contributed by atoms with Crippen LogP contribution in [0.5, 0.6) is 0 Å². The Morgan fingerprint density at radius 3 is 2.61 bits per heavy atom. The zero-order valence-electron chi connectivity index (χ0n) is 18.8. The molecule has 2 aliphatic heterocycles. The van der Waals surface area contributed by atoms with E-state index in [1.165, 1.54) is 28.8 Å². The Labute approximate surface area is 191 Å². The molecular formula is C25H28F3N3O2. The first-order valence-electron chi connectivity index (χ1n) is 11.2. The number of nitrogens with one attached hydrogen (secondary N) is 1. The minimum Gasteiger partial charge on any atom is -0.343 e. The van der Waals surface area contributed by atoms with Crippen LogP contribution in [-0.4, -0.2) is 53.8 Å². The lowest BCUT2D eigenvalue weighted by molar-refractivity contribution is -0.137. The normalized spacial score (nSPS) is 20.7. The molecule has 33 heavy (non-hydrogen) atoms. The molecule has 2 aromatic rings. The summed E-state index contributed by atoms with van der Waals surface area (Å²) in [5.41, 5.74) is 2.78. The van der Waals surface area contributed by atoms with Crippen molar-refractivity contribution < 1.29 is 22.8 Å². The van der Waals surface area contributed by atoms with E-state index in [2.05, 4.69) is 42.3 Å². The van der Waals surface area contributed by atoms with Crippen molar-refractivity contribution in [2.75, 3.05) is 26.2 Å². The Bertz CT molecular complexity index is 1050. The number of fused-ring (bicyclic) bond motifs is 1. The smallest absolute Gasteiger partial charge is 0.343 e. The predicted octanol–water partition coefficient (Wildman–Crippen LogP) is 3.78. The van der Waals surface area contributed by atoms with Crippen molar-refractivity contribution in [3.63, 3.8) is 0 Å². The lowest BCUT2D eigenvalue weighted by Crippen LogP contribution is -2.44. The number of likely N-dealkylation sites (tertiary alicyclic amines) is 2. The van der Waals surface area contributed by atoms with Crippen LogP contribution in [-0.2, 0) is 17.5 Å². The van der Waals surface area contributed by atoms with Crippen molar-refractivity contribution >= 4 is 11.8 Å². The van der Waals surface area contributed by atoms with Crippen molar-refractivity contribution in [3.8, 4) is 0 Å². The molecule has 4 rings (SSSR count). The summed E-state index contributed by atoms with van der Waals surface area (Å²) in [6.45, 7) is 7.16. The SMILES string of the molecule is Cc1ccc(CN2CC3CCN(C(=O)CNC(=O)c4cccc(C(F)(F)F)c4)C3C2)c(C)c1. The van der Waals surface area contributed by atoms with Crippen molar-refractivity contribution in [2.45, 2.75) is 39.0 Å². The molecule has 0 saturated carbocycles. The maximum absolute atomic E-state index is 12.9. The number of alkyl halides is 3. The van der Waals surface area contributed by atoms with Gasteiger partial charge in [-0.1, -0.05) is 29.8 Å². The van der Waals surface area contributed by atoms with E-state index in [0.717, 1.165) is 38.2 Å². The molecule has 0 radical (unpaired) electrons. The molecule has 176 valence electrons. The Kier molecular flexibility index (Phi) is 6.47. The van der Waals surface area contributed by atoms with Crippen LogP contribution in [0.2, 0.25) is 0 Å². The third-order valence-corrected chi connectivity index (χ3v) is 6.69. The van der Waals surface area contributed by atoms with E-state index in [-0.39, 0.29) is 24.1 Å². The molecule has 8 heteroatoms. The quantitative estimate of drug-likeness (QED) is 0.741. The summed E-state index contributed by atoms with van der Waals surface area (Å²) in [5, 5.41) is 2.49. The minimum absolute atomic E-state index is 0.105. The molecule has 5 nitrogen and oxygen atoms in total. The van der Waals surface area contributed by atoms with Gasteiger partial charge in [0.05, 0.1) is 12.1 Å². The maximum atomic E-state index is 12.9. The number of aryl methyl sites for hydroxylation is 2. The summed E-state index contributed by atoms with van der Waals surface area (Å²) in [6.07, 6.45) is -3.61. The number of carbonyl (C=O) groups excluding carboxylic acids is 2. The van der Waals surface area contributed by atoms with Gasteiger partial charge in [-0.2, -0.15) is 13.2 Å². The lowest BCUT2D eigenvalue weighted by Gasteiger charge is -2.25. The summed E-state index contributed by atoms with van der Waals surface area (Å²) < 4.78 is 38.7. The van der Waals surface area contributed by atoms with E-state index >= 15 is 0 Å². The topological polar surface area (TPSA) is 52.6 Å². The number of amides is 2. The lowest BCUT2D eigenvalue weighted by atomic mass is 10.0. The van der Waals surface area contributed by atoms with Crippen LogP contribution in [0, 0.1) is 19.8 Å². The van der Waals surface area contributed by atoms with Gasteiger partial charge in [-0.05, 0) is 55.5 Å². The molecule has 2 amide bonds. The van der Waals surface area contributed by atoms with E-state index in [1.54, 1.807) is 0 Å². The second-order valence-corrected chi connectivity index (χ2v) is 9.09. The highest BCUT2D eigenvalue weighted by Crippen LogP contribution is 2.33. The molecule has 2 saturated heterocycles. The molecule has 0 spiro atoms. The highest BCUT2D eigenvalue weighted by Gasteiger charge is 2.43. The number of rotatable bonds is 5. The number of hydrogen-bond donors (Lipinski definition) is 1. The molecule has 2 fully saturated rings. The fourth-order valence-electron chi connectivity index (χ4n) is 4.95. The van der Waals surface area contributed by atoms with Gasteiger partial charge in [0, 0.05) is 37.8 Å². The molecule has 2 heterocycles. The average molecular weight is 460 g/mol. The summed E-state index contributed by atoms with van der Waals surface area (Å²) in [6, 6.07) is 10.8. The largest absolute Gasteiger partial charge is 0.416 e. The van der Waals surface area contributed by atoms with Crippen molar-refractivity contribution in [3.05, 3.63) is 70.3 Å². The van der Waals surface area contributed by atoms with Crippen molar-refractivity contribution in [1.29, 1.82) is 0 Å². The van der Waals surface area contributed by atoms with Crippen LogP contribution in [0.3, 0.4) is 0 Å². The standard InChI is InChI=1S/C25H28F3N3O2/c1-16-6-7-19(17(2)10-16)13-30-14-20-8-9-31(22(20)15-30)23(32)12-29-24(33)18-4-3-5-21(11-18)25(26,27)28/h3-7,10-11,20,22H,8-9,12-15H2,1-2H3,(H,29,33). The molecule has 2 atom stereocenters. The van der Waals surface area contributed by atoms with Crippen molar-refractivity contribution in [2.24, 2.45) is 5.92 Å². The number of carbonyl (C=O) groups is 2. The average Bonchev–Trinajstić information content (AvgIpc) is 3.33. The zero-order chi connectivity index (χ0) is 23.8. The second kappa shape index (κ2) is 9.17. The molecule has 2 aliphatic rings. The summed E-state index contributed by atoms with van der Waals surface area (Å²) in [4.78, 5) is 29.3. The summed E-state index contributed by atoms with van der Waals surface area (Å²) in [5.74, 6) is -0.483. The summed E-state index contributed by atoms with van der Waals surface area (Å²) in [7, 11) is 0. The van der Waals surface area contributed by atoms with Gasteiger partial charge < -0.3 is 10.2 Å². The van der Waals surface area contributed by atoms with Gasteiger partial charge in [0.25, 0.3) is 5.91 Å². The number of benzene rings is 2. The Morgan fingerprint density at radius 2 is 1.88 bits per heavy atom. The van der Waals surface area contributed by atoms with Crippen LogP contribution < -0.4 is 5.32 Å². The van der Waals surface area contributed by atoms with Gasteiger partial charge in [0.15, 0.2) is 0 Å². The van der Waals surface area contributed by atoms with Crippen LogP contribution in [0.4, 0.5) is 13.2 Å². The first kappa shape index (κ1) is 23.3. The van der Waals surface area contributed by atoms with E-state index in [9.17, 15) is 22.8 Å². The highest BCUT2D eigenvalue weighted by atomic mass is 19.4. The fourth-order valence-corrected chi connectivity index (χ4v) is 4.95. The Morgan fingerprint density at radius 1 is 1.09 bits per heavy atom. The van der Waals surface area contributed by atoms with Crippen LogP contribution in [0.25, 0.3) is 0 Å². The highest BCUT2D eigenvalue weighted by molar-refractivity contribution is 5.96. The first-order chi connectivity index (χ1) is 15.6. The van der Waals surface area contributed by atoms with E-state index < -0.39 is 17.6 Å². The van der Waals surface area contributed by atoms with Crippen LogP contribution in [0.1, 0.15) is 39.0 Å². The van der Waals surface area contributed by atoms with Crippen molar-refractivity contribution in [1.82, 2.24) is 15.1 Å². The summed E-state index contributed by atoms with van der Waals surface area (Å²) >= 11 is 0. The molecule has 2 aromatic carbocycles. The Balaban J connectivity index is 1.33. The predicted molar refractivity (Wildman–Crippen MR) is 119 cm³/mol. The molecule has 2 unspecified atom stereocenters. The van der Waals surface area contributed by atoms with Crippen LogP contribution >= 0.6 is 0 Å². The zero-order valence-corrected chi connectivity index (χ0v) is 18.8. The molecule has 0 bridgehead atoms. The Hall–Kier alpha value is -2.87. The number of halogens is 3. The van der Waals surface area contributed by atoms with Gasteiger partial charge in [0.2, 0.25) is 5.91 Å². The first-order valence-corrected chi connectivity index (χ1v) is 11.2. The van der Waals surface area contributed by atoms with E-state index in [1.807, 2.05) is 4.90 Å².